The summed E-state index contributed by atoms with van der Waals surface area (Å²) in [7, 11) is 0. The minimum Gasteiger partial charge on any atom is -0.379 e. The van der Waals surface area contributed by atoms with Crippen molar-refractivity contribution in [3.05, 3.63) is 46.2 Å². The summed E-state index contributed by atoms with van der Waals surface area (Å²) in [5.41, 5.74) is 3.57. The molecule has 1 aromatic carbocycles. The first-order valence-corrected chi connectivity index (χ1v) is 6.50. The van der Waals surface area contributed by atoms with E-state index in [1.54, 1.807) is 0 Å². The van der Waals surface area contributed by atoms with Crippen LogP contribution in [0, 0.1) is 6.92 Å². The molecule has 1 heterocycles. The molecule has 0 aliphatic carbocycles. The molecule has 0 radical (unpaired) electrons. The Labute approximate surface area is 110 Å². The van der Waals surface area contributed by atoms with Crippen LogP contribution < -0.4 is 5.32 Å². The highest BCUT2D eigenvalue weighted by atomic mass is 79.9. The van der Waals surface area contributed by atoms with Crippen LogP contribution in [0.25, 0.3) is 0 Å². The zero-order chi connectivity index (χ0) is 12.3. The van der Waals surface area contributed by atoms with Gasteiger partial charge in [0.1, 0.15) is 0 Å². The second-order valence-electron chi connectivity index (χ2n) is 4.01. The Bertz CT molecular complexity index is 485. The molecule has 0 fully saturated rings. The number of hydrogen-bond acceptors (Lipinski definition) is 2. The third kappa shape index (κ3) is 3.09. The molecule has 0 atom stereocenters. The van der Waals surface area contributed by atoms with Crippen LogP contribution in [-0.4, -0.2) is 9.78 Å². The molecule has 0 saturated heterocycles. The molecule has 17 heavy (non-hydrogen) atoms. The Kier molecular flexibility index (Phi) is 3.84. The molecule has 0 saturated carbocycles. The maximum absolute atomic E-state index is 4.25. The second-order valence-corrected chi connectivity index (χ2v) is 4.92. The Hall–Kier alpha value is -1.29. The standard InChI is InChI=1S/C13H16BrN3/c1-3-17-13(4-5-16-17)9-15-12-7-10(2)6-11(14)8-12/h4-8,15H,3,9H2,1-2H3. The van der Waals surface area contributed by atoms with Crippen LogP contribution >= 0.6 is 15.9 Å². The fourth-order valence-electron chi connectivity index (χ4n) is 1.83. The molecule has 0 amide bonds. The van der Waals surface area contributed by atoms with Gasteiger partial charge in [-0.1, -0.05) is 15.9 Å². The van der Waals surface area contributed by atoms with Gasteiger partial charge in [0.05, 0.1) is 12.2 Å². The van der Waals surface area contributed by atoms with E-state index >= 15 is 0 Å². The van der Waals surface area contributed by atoms with Gasteiger partial charge < -0.3 is 5.32 Å². The number of rotatable bonds is 4. The van der Waals surface area contributed by atoms with Crippen molar-refractivity contribution in [3.63, 3.8) is 0 Å². The van der Waals surface area contributed by atoms with Crippen LogP contribution in [0.3, 0.4) is 0 Å². The molecule has 1 N–H and O–H groups in total. The molecule has 0 aliphatic rings. The van der Waals surface area contributed by atoms with Crippen molar-refractivity contribution in [3.8, 4) is 0 Å². The van der Waals surface area contributed by atoms with Gasteiger partial charge in [0.25, 0.3) is 0 Å². The van der Waals surface area contributed by atoms with E-state index in [4.69, 9.17) is 0 Å². The molecular weight excluding hydrogens is 278 g/mol. The minimum absolute atomic E-state index is 0.795. The largest absolute Gasteiger partial charge is 0.379 e. The van der Waals surface area contributed by atoms with E-state index in [2.05, 4.69) is 58.4 Å². The average molecular weight is 294 g/mol. The Morgan fingerprint density at radius 2 is 2.18 bits per heavy atom. The second kappa shape index (κ2) is 5.36. The van der Waals surface area contributed by atoms with Crippen LogP contribution in [0.5, 0.6) is 0 Å². The molecule has 1 aromatic heterocycles. The summed E-state index contributed by atoms with van der Waals surface area (Å²) < 4.78 is 3.10. The summed E-state index contributed by atoms with van der Waals surface area (Å²) in [5.74, 6) is 0. The quantitative estimate of drug-likeness (QED) is 0.934. The number of nitrogens with one attached hydrogen (secondary N) is 1. The van der Waals surface area contributed by atoms with E-state index in [0.717, 1.165) is 23.2 Å². The van der Waals surface area contributed by atoms with Crippen LogP contribution in [-0.2, 0) is 13.1 Å². The fraction of sp³-hybridized carbons (Fsp3) is 0.308. The van der Waals surface area contributed by atoms with Gasteiger partial charge in [0, 0.05) is 22.9 Å². The lowest BCUT2D eigenvalue weighted by Gasteiger charge is -2.09. The van der Waals surface area contributed by atoms with Crippen molar-refractivity contribution in [1.29, 1.82) is 0 Å². The summed E-state index contributed by atoms with van der Waals surface area (Å²) in [5, 5.41) is 7.66. The SMILES string of the molecule is CCn1nccc1CNc1cc(C)cc(Br)c1. The smallest absolute Gasteiger partial charge is 0.0575 e. The number of halogens is 1. The molecular formula is C13H16BrN3. The zero-order valence-electron chi connectivity index (χ0n) is 10.1. The van der Waals surface area contributed by atoms with E-state index in [-0.39, 0.29) is 0 Å². The zero-order valence-corrected chi connectivity index (χ0v) is 11.7. The summed E-state index contributed by atoms with van der Waals surface area (Å²) in [6.07, 6.45) is 1.84. The van der Waals surface area contributed by atoms with Gasteiger partial charge in [-0.2, -0.15) is 5.10 Å². The number of nitrogens with zero attached hydrogens (tertiary/aromatic N) is 2. The summed E-state index contributed by atoms with van der Waals surface area (Å²) in [4.78, 5) is 0. The predicted molar refractivity (Wildman–Crippen MR) is 74.1 cm³/mol. The lowest BCUT2D eigenvalue weighted by molar-refractivity contribution is 0.627. The van der Waals surface area contributed by atoms with Gasteiger partial charge in [-0.15, -0.1) is 0 Å². The van der Waals surface area contributed by atoms with Crippen molar-refractivity contribution in [2.45, 2.75) is 26.9 Å². The first kappa shape index (κ1) is 12.2. The van der Waals surface area contributed by atoms with Gasteiger partial charge >= 0.3 is 0 Å². The number of aryl methyl sites for hydroxylation is 2. The van der Waals surface area contributed by atoms with Gasteiger partial charge in [-0.25, -0.2) is 0 Å². The molecule has 3 nitrogen and oxygen atoms in total. The summed E-state index contributed by atoms with van der Waals surface area (Å²) in [6.45, 7) is 5.89. The maximum Gasteiger partial charge on any atom is 0.0575 e. The molecule has 90 valence electrons. The summed E-state index contributed by atoms with van der Waals surface area (Å²) >= 11 is 3.50. The van der Waals surface area contributed by atoms with Crippen molar-refractivity contribution in [2.75, 3.05) is 5.32 Å². The van der Waals surface area contributed by atoms with E-state index < -0.39 is 0 Å². The lowest BCUT2D eigenvalue weighted by atomic mass is 10.2. The topological polar surface area (TPSA) is 29.9 Å². The maximum atomic E-state index is 4.25. The number of benzene rings is 1. The number of hydrogen-bond donors (Lipinski definition) is 1. The first-order chi connectivity index (χ1) is 8.19. The normalized spacial score (nSPS) is 10.5. The molecule has 4 heteroatoms. The van der Waals surface area contributed by atoms with Gasteiger partial charge in [0.15, 0.2) is 0 Å². The lowest BCUT2D eigenvalue weighted by Crippen LogP contribution is -2.07. The predicted octanol–water partition coefficient (Wildman–Crippen LogP) is 3.59. The van der Waals surface area contributed by atoms with E-state index in [9.17, 15) is 0 Å². The molecule has 2 rings (SSSR count). The average Bonchev–Trinajstić information content (AvgIpc) is 2.72. The van der Waals surface area contributed by atoms with E-state index in [0.29, 0.717) is 0 Å². The highest BCUT2D eigenvalue weighted by Gasteiger charge is 2.01. The van der Waals surface area contributed by atoms with Crippen LogP contribution in [0.2, 0.25) is 0 Å². The highest BCUT2D eigenvalue weighted by Crippen LogP contribution is 2.19. The molecule has 0 aliphatic heterocycles. The monoisotopic (exact) mass is 293 g/mol. The van der Waals surface area contributed by atoms with Crippen LogP contribution in [0.1, 0.15) is 18.2 Å². The van der Waals surface area contributed by atoms with Gasteiger partial charge in [-0.3, -0.25) is 4.68 Å². The Morgan fingerprint density at radius 1 is 1.35 bits per heavy atom. The van der Waals surface area contributed by atoms with Crippen LogP contribution in [0.4, 0.5) is 5.69 Å². The summed E-state index contributed by atoms with van der Waals surface area (Å²) in [6, 6.07) is 8.36. The number of anilines is 1. The fourth-order valence-corrected chi connectivity index (χ4v) is 2.43. The van der Waals surface area contributed by atoms with Crippen molar-refractivity contribution >= 4 is 21.6 Å². The highest BCUT2D eigenvalue weighted by molar-refractivity contribution is 9.10. The van der Waals surface area contributed by atoms with Gasteiger partial charge in [0.2, 0.25) is 0 Å². The Balaban J connectivity index is 2.07. The van der Waals surface area contributed by atoms with Crippen LogP contribution in [0.15, 0.2) is 34.9 Å². The van der Waals surface area contributed by atoms with Crippen molar-refractivity contribution < 1.29 is 0 Å². The van der Waals surface area contributed by atoms with Crippen molar-refractivity contribution in [1.82, 2.24) is 9.78 Å². The first-order valence-electron chi connectivity index (χ1n) is 5.71. The molecule has 0 unspecified atom stereocenters. The van der Waals surface area contributed by atoms with E-state index in [1.807, 2.05) is 16.9 Å². The third-order valence-corrected chi connectivity index (χ3v) is 3.08. The third-order valence-electron chi connectivity index (χ3n) is 2.62. The molecule has 2 aromatic rings. The molecule has 0 bridgehead atoms. The minimum atomic E-state index is 0.795. The van der Waals surface area contributed by atoms with Crippen molar-refractivity contribution in [2.24, 2.45) is 0 Å². The molecule has 0 spiro atoms. The van der Waals surface area contributed by atoms with E-state index in [1.165, 1.54) is 11.3 Å². The Morgan fingerprint density at radius 3 is 2.88 bits per heavy atom. The number of aromatic nitrogens is 2. The van der Waals surface area contributed by atoms with Gasteiger partial charge in [-0.05, 0) is 43.7 Å².